The van der Waals surface area contributed by atoms with Crippen LogP contribution in [-0.4, -0.2) is 41.1 Å². The summed E-state index contributed by atoms with van der Waals surface area (Å²) in [6, 6.07) is 13.5. The number of rotatable bonds is 8. The Morgan fingerprint density at radius 2 is 1.93 bits per heavy atom. The molecule has 0 bridgehead atoms. The van der Waals surface area contributed by atoms with E-state index in [1.807, 2.05) is 20.8 Å². The van der Waals surface area contributed by atoms with Gasteiger partial charge in [0.1, 0.15) is 23.4 Å². The molecule has 4 aromatic rings. The molecule has 8 nitrogen and oxygen atoms in total. The molecule has 216 valence electrons. The van der Waals surface area contributed by atoms with Crippen LogP contribution in [0.25, 0.3) is 16.0 Å². The zero-order valence-electron chi connectivity index (χ0n) is 23.3. The van der Waals surface area contributed by atoms with Gasteiger partial charge in [0, 0.05) is 12.0 Å². The molecule has 2 aliphatic rings. The smallest absolute Gasteiger partial charge is 0.301 e. The lowest BCUT2D eigenvalue weighted by molar-refractivity contribution is -0.132. The molecular weight excluding hydrogens is 559 g/mol. The molecule has 0 aliphatic carbocycles. The van der Waals surface area contributed by atoms with Crippen molar-refractivity contribution >= 4 is 44.1 Å². The second kappa shape index (κ2) is 11.1. The van der Waals surface area contributed by atoms with Crippen LogP contribution in [0.2, 0.25) is 0 Å². The third-order valence-corrected chi connectivity index (χ3v) is 8.22. The Morgan fingerprint density at radius 3 is 2.71 bits per heavy atom. The number of aromatic nitrogens is 1. The zero-order valence-corrected chi connectivity index (χ0v) is 24.2. The Hall–Kier alpha value is -4.44. The maximum atomic E-state index is 14.0. The second-order valence-corrected chi connectivity index (χ2v) is 11.2. The molecule has 2 atom stereocenters. The lowest BCUT2D eigenvalue weighted by Gasteiger charge is -2.24. The molecule has 0 saturated carbocycles. The number of benzene rings is 3. The van der Waals surface area contributed by atoms with Crippen molar-refractivity contribution < 1.29 is 33.3 Å². The number of hydrogen-bond donors (Lipinski definition) is 1. The number of carbonyl (C=O) groups is 2. The Balaban J connectivity index is 1.53. The molecule has 0 spiro atoms. The summed E-state index contributed by atoms with van der Waals surface area (Å²) in [5.74, 6) is -0.732. The molecule has 1 fully saturated rings. The van der Waals surface area contributed by atoms with Crippen molar-refractivity contribution in [2.45, 2.75) is 45.8 Å². The Morgan fingerprint density at radius 1 is 1.10 bits per heavy atom. The second-order valence-electron chi connectivity index (χ2n) is 10.2. The summed E-state index contributed by atoms with van der Waals surface area (Å²) in [4.78, 5) is 33.2. The lowest BCUT2D eigenvalue weighted by atomic mass is 9.94. The normalized spacial score (nSPS) is 19.3. The van der Waals surface area contributed by atoms with Crippen LogP contribution in [0.4, 0.5) is 9.52 Å². The van der Waals surface area contributed by atoms with Crippen molar-refractivity contribution in [1.82, 2.24) is 4.98 Å². The van der Waals surface area contributed by atoms with Crippen molar-refractivity contribution in [2.24, 2.45) is 0 Å². The standard InChI is InChI=1S/C32H29FN2O6S/c1-4-12-40-24-11-6-18(15-25(24)39-5-2)28-27(29(36)19-7-10-23-20(14-19)13-17(3)41-23)30(37)31(38)35(28)32-34-22-9-8-21(33)16-26(22)42-32/h6-11,14-17,28,36H,4-5,12-13H2,1-3H3. The lowest BCUT2D eigenvalue weighted by Crippen LogP contribution is -2.29. The molecule has 1 amide bonds. The van der Waals surface area contributed by atoms with Crippen LogP contribution in [0.1, 0.15) is 49.9 Å². The number of fused-ring (bicyclic) bond motifs is 2. The zero-order chi connectivity index (χ0) is 29.5. The molecule has 1 aromatic heterocycles. The number of amides is 1. The SMILES string of the molecule is CCCOc1ccc(C2C(=C(O)c3ccc4c(c3)CC(C)O4)C(=O)C(=O)N2c2nc3ccc(F)cc3s2)cc1OCC. The highest BCUT2D eigenvalue weighted by Crippen LogP contribution is 2.46. The monoisotopic (exact) mass is 588 g/mol. The number of hydrogen-bond acceptors (Lipinski definition) is 8. The molecule has 1 saturated heterocycles. The predicted octanol–water partition coefficient (Wildman–Crippen LogP) is 6.57. The third kappa shape index (κ3) is 4.85. The highest BCUT2D eigenvalue weighted by molar-refractivity contribution is 7.22. The number of Topliss-reactive ketones (excluding diaryl/α,β-unsaturated/α-hetero) is 1. The minimum Gasteiger partial charge on any atom is -0.507 e. The topological polar surface area (TPSA) is 98.2 Å². The first-order valence-electron chi connectivity index (χ1n) is 13.9. The van der Waals surface area contributed by atoms with Crippen molar-refractivity contribution in [3.63, 3.8) is 0 Å². The number of carbonyl (C=O) groups excluding carboxylic acids is 2. The van der Waals surface area contributed by atoms with Gasteiger partial charge in [-0.05, 0) is 79.9 Å². The minimum absolute atomic E-state index is 0.00252. The summed E-state index contributed by atoms with van der Waals surface area (Å²) >= 11 is 1.09. The van der Waals surface area contributed by atoms with Crippen LogP contribution in [-0.2, 0) is 16.0 Å². The molecular formula is C32H29FN2O6S. The van der Waals surface area contributed by atoms with E-state index < -0.39 is 23.5 Å². The van der Waals surface area contributed by atoms with Crippen LogP contribution in [0.15, 0.2) is 60.2 Å². The van der Waals surface area contributed by atoms with E-state index in [1.165, 1.54) is 23.1 Å². The van der Waals surface area contributed by atoms with Gasteiger partial charge in [-0.3, -0.25) is 14.5 Å². The fourth-order valence-electron chi connectivity index (χ4n) is 5.35. The van der Waals surface area contributed by atoms with E-state index in [0.29, 0.717) is 52.5 Å². The summed E-state index contributed by atoms with van der Waals surface area (Å²) < 4.78 is 32.0. The van der Waals surface area contributed by atoms with Gasteiger partial charge in [-0.15, -0.1) is 0 Å². The van der Waals surface area contributed by atoms with E-state index in [-0.39, 0.29) is 22.6 Å². The summed E-state index contributed by atoms with van der Waals surface area (Å²) in [6.07, 6.45) is 1.46. The maximum Gasteiger partial charge on any atom is 0.301 e. The van der Waals surface area contributed by atoms with E-state index in [4.69, 9.17) is 14.2 Å². The van der Waals surface area contributed by atoms with E-state index >= 15 is 0 Å². The highest BCUT2D eigenvalue weighted by Gasteiger charge is 2.48. The van der Waals surface area contributed by atoms with Crippen LogP contribution in [0.3, 0.4) is 0 Å². The number of aliphatic hydroxyl groups excluding tert-OH is 1. The quantitative estimate of drug-likeness (QED) is 0.141. The van der Waals surface area contributed by atoms with Crippen molar-refractivity contribution in [1.29, 1.82) is 0 Å². The van der Waals surface area contributed by atoms with Crippen molar-refractivity contribution in [3.8, 4) is 17.2 Å². The molecule has 2 unspecified atom stereocenters. The molecule has 3 aromatic carbocycles. The predicted molar refractivity (Wildman–Crippen MR) is 158 cm³/mol. The average Bonchev–Trinajstić information content (AvgIpc) is 3.63. The first kappa shape index (κ1) is 27.7. The maximum absolute atomic E-state index is 14.0. The van der Waals surface area contributed by atoms with Gasteiger partial charge in [-0.1, -0.05) is 24.3 Å². The van der Waals surface area contributed by atoms with Gasteiger partial charge in [-0.2, -0.15) is 0 Å². The number of anilines is 1. The average molecular weight is 589 g/mol. The first-order chi connectivity index (χ1) is 20.3. The molecule has 3 heterocycles. The van der Waals surface area contributed by atoms with E-state index in [0.717, 1.165) is 29.1 Å². The van der Waals surface area contributed by atoms with Crippen LogP contribution in [0.5, 0.6) is 17.2 Å². The molecule has 10 heteroatoms. The van der Waals surface area contributed by atoms with Gasteiger partial charge < -0.3 is 19.3 Å². The van der Waals surface area contributed by atoms with Crippen LogP contribution < -0.4 is 19.1 Å². The largest absolute Gasteiger partial charge is 0.507 e. The Bertz CT molecular complexity index is 1750. The van der Waals surface area contributed by atoms with Gasteiger partial charge in [0.05, 0.1) is 35.0 Å². The van der Waals surface area contributed by atoms with Crippen LogP contribution in [0, 0.1) is 5.82 Å². The Labute approximate surface area is 246 Å². The van der Waals surface area contributed by atoms with Gasteiger partial charge >= 0.3 is 5.91 Å². The van der Waals surface area contributed by atoms with Gasteiger partial charge in [-0.25, -0.2) is 9.37 Å². The number of nitrogens with zero attached hydrogens (tertiary/aromatic N) is 2. The molecule has 6 rings (SSSR count). The fraction of sp³-hybridized carbons (Fsp3) is 0.281. The van der Waals surface area contributed by atoms with Crippen molar-refractivity contribution in [2.75, 3.05) is 18.1 Å². The number of aliphatic hydroxyl groups is 1. The van der Waals surface area contributed by atoms with E-state index in [1.54, 1.807) is 36.4 Å². The first-order valence-corrected chi connectivity index (χ1v) is 14.7. The van der Waals surface area contributed by atoms with Gasteiger partial charge in [0.2, 0.25) is 0 Å². The van der Waals surface area contributed by atoms with E-state index in [9.17, 15) is 19.1 Å². The van der Waals surface area contributed by atoms with Gasteiger partial charge in [0.15, 0.2) is 16.6 Å². The van der Waals surface area contributed by atoms with E-state index in [2.05, 4.69) is 4.98 Å². The minimum atomic E-state index is -1.03. The number of ether oxygens (including phenoxy) is 3. The Kier molecular flexibility index (Phi) is 7.32. The summed E-state index contributed by atoms with van der Waals surface area (Å²) in [6.45, 7) is 6.66. The van der Waals surface area contributed by atoms with Crippen LogP contribution >= 0.6 is 11.3 Å². The summed E-state index contributed by atoms with van der Waals surface area (Å²) in [5.41, 5.74) is 2.23. The third-order valence-electron chi connectivity index (χ3n) is 7.20. The molecule has 42 heavy (non-hydrogen) atoms. The summed E-state index contributed by atoms with van der Waals surface area (Å²) in [5, 5.41) is 11.8. The number of ketones is 1. The number of thiazole rings is 1. The summed E-state index contributed by atoms with van der Waals surface area (Å²) in [7, 11) is 0. The molecule has 2 aliphatic heterocycles. The van der Waals surface area contributed by atoms with Gasteiger partial charge in [0.25, 0.3) is 5.78 Å². The molecule has 0 radical (unpaired) electrons. The molecule has 1 N–H and O–H groups in total. The number of halogens is 1. The highest BCUT2D eigenvalue weighted by atomic mass is 32.1. The van der Waals surface area contributed by atoms with Crippen molar-refractivity contribution in [3.05, 3.63) is 82.7 Å². The fourth-order valence-corrected chi connectivity index (χ4v) is 6.37.